The normalized spacial score (nSPS) is 17.5. The lowest BCUT2D eigenvalue weighted by atomic mass is 9.96. The van der Waals surface area contributed by atoms with Crippen LogP contribution in [0.1, 0.15) is 34.7 Å². The number of hydrogen-bond donors (Lipinski definition) is 1. The van der Waals surface area contributed by atoms with Crippen molar-refractivity contribution in [3.8, 4) is 5.69 Å². The molecule has 0 spiro atoms. The van der Waals surface area contributed by atoms with Gasteiger partial charge in [-0.1, -0.05) is 12.1 Å². The number of aromatic nitrogens is 2. The zero-order valence-electron chi connectivity index (χ0n) is 20.2. The Bertz CT molecular complexity index is 1360. The van der Waals surface area contributed by atoms with Crippen molar-refractivity contribution in [2.24, 2.45) is 0 Å². The number of aryl methyl sites for hydroxylation is 1. The molecule has 2 unspecified atom stereocenters. The summed E-state index contributed by atoms with van der Waals surface area (Å²) in [6.07, 6.45) is 1.81. The topological polar surface area (TPSA) is 36.3 Å². The van der Waals surface area contributed by atoms with Gasteiger partial charge in [-0.15, -0.1) is 0 Å². The maximum atomic E-state index is 14.1. The monoisotopic (exact) mass is 485 g/mol. The number of thiocarbonyl (C=S) groups is 1. The zero-order chi connectivity index (χ0) is 24.7. The number of pyridine rings is 1. The third-order valence-electron chi connectivity index (χ3n) is 6.60. The molecule has 0 aliphatic carbocycles. The summed E-state index contributed by atoms with van der Waals surface area (Å²) in [6.45, 7) is 4.13. The Kier molecular flexibility index (Phi) is 6.03. The van der Waals surface area contributed by atoms with Gasteiger partial charge in [-0.25, -0.2) is 4.39 Å². The van der Waals surface area contributed by atoms with E-state index < -0.39 is 0 Å². The lowest BCUT2D eigenvalue weighted by molar-refractivity contribution is 0.565. The van der Waals surface area contributed by atoms with E-state index in [9.17, 15) is 4.39 Å². The zero-order valence-corrected chi connectivity index (χ0v) is 21.1. The van der Waals surface area contributed by atoms with E-state index in [2.05, 4.69) is 61.9 Å². The van der Waals surface area contributed by atoms with Crippen molar-refractivity contribution in [1.29, 1.82) is 0 Å². The van der Waals surface area contributed by atoms with Gasteiger partial charge in [-0.05, 0) is 92.3 Å². The van der Waals surface area contributed by atoms with E-state index in [0.29, 0.717) is 5.11 Å². The molecule has 0 radical (unpaired) electrons. The van der Waals surface area contributed by atoms with E-state index in [0.717, 1.165) is 39.7 Å². The summed E-state index contributed by atoms with van der Waals surface area (Å²) in [6, 6.07) is 22.9. The summed E-state index contributed by atoms with van der Waals surface area (Å²) in [7, 11) is 4.05. The van der Waals surface area contributed by atoms with Crippen LogP contribution in [-0.4, -0.2) is 28.8 Å². The van der Waals surface area contributed by atoms with Crippen LogP contribution in [0.2, 0.25) is 0 Å². The average molecular weight is 486 g/mol. The summed E-state index contributed by atoms with van der Waals surface area (Å²) in [5, 5.41) is 4.18. The summed E-state index contributed by atoms with van der Waals surface area (Å²) >= 11 is 5.87. The molecule has 1 N–H and O–H groups in total. The maximum Gasteiger partial charge on any atom is 0.174 e. The molecule has 2 atom stereocenters. The van der Waals surface area contributed by atoms with Crippen molar-refractivity contribution in [3.63, 3.8) is 0 Å². The van der Waals surface area contributed by atoms with Crippen molar-refractivity contribution in [2.75, 3.05) is 23.9 Å². The summed E-state index contributed by atoms with van der Waals surface area (Å²) in [5.41, 5.74) is 7.04. The lowest BCUT2D eigenvalue weighted by Crippen LogP contribution is -2.29. The molecule has 5 nitrogen and oxygen atoms in total. The number of anilines is 2. The molecule has 0 bridgehead atoms. The van der Waals surface area contributed by atoms with Gasteiger partial charge in [-0.3, -0.25) is 4.98 Å². The molecule has 178 valence electrons. The molecule has 3 heterocycles. The Labute approximate surface area is 210 Å². The van der Waals surface area contributed by atoms with E-state index in [1.165, 1.54) is 6.07 Å². The number of hydrogen-bond acceptors (Lipinski definition) is 3. The molecule has 1 fully saturated rings. The average Bonchev–Trinajstić information content (AvgIpc) is 3.34. The van der Waals surface area contributed by atoms with Crippen LogP contribution in [0.15, 0.2) is 79.0 Å². The lowest BCUT2D eigenvalue weighted by Gasteiger charge is -2.28. The van der Waals surface area contributed by atoms with Crippen molar-refractivity contribution in [2.45, 2.75) is 25.9 Å². The number of rotatable bonds is 5. The van der Waals surface area contributed by atoms with Gasteiger partial charge >= 0.3 is 0 Å². The van der Waals surface area contributed by atoms with E-state index in [-0.39, 0.29) is 17.9 Å². The smallest absolute Gasteiger partial charge is 0.174 e. The number of nitrogens with zero attached hydrogens (tertiary/aromatic N) is 4. The second-order valence-electron chi connectivity index (χ2n) is 9.05. The molecule has 35 heavy (non-hydrogen) atoms. The highest BCUT2D eigenvalue weighted by Gasteiger charge is 2.42. The standard InChI is InChI=1S/C28H28FN5S/c1-18-16-24(19(2)33(18)23-9-7-8-20(29)17-23)27-26(25-10-5-6-15-30-25)31-28(35)34(27)22-13-11-21(12-14-22)32(3)4/h5-17,26-27H,1-4H3,(H,31,35). The summed E-state index contributed by atoms with van der Waals surface area (Å²) in [4.78, 5) is 8.90. The van der Waals surface area contributed by atoms with Gasteiger partial charge < -0.3 is 19.7 Å². The first-order valence-corrected chi connectivity index (χ1v) is 12.0. The largest absolute Gasteiger partial charge is 0.378 e. The molecule has 1 saturated heterocycles. The fourth-order valence-corrected chi connectivity index (χ4v) is 5.31. The third kappa shape index (κ3) is 4.17. The minimum absolute atomic E-state index is 0.129. The van der Waals surface area contributed by atoms with Gasteiger partial charge in [0.25, 0.3) is 0 Å². The van der Waals surface area contributed by atoms with Crippen LogP contribution in [0, 0.1) is 19.7 Å². The first-order chi connectivity index (χ1) is 16.8. The van der Waals surface area contributed by atoms with E-state index >= 15 is 0 Å². The van der Waals surface area contributed by atoms with Gasteiger partial charge in [-0.2, -0.15) is 0 Å². The van der Waals surface area contributed by atoms with Crippen LogP contribution in [-0.2, 0) is 0 Å². The minimum Gasteiger partial charge on any atom is -0.378 e. The van der Waals surface area contributed by atoms with Crippen LogP contribution in [0.4, 0.5) is 15.8 Å². The molecule has 1 aliphatic rings. The number of nitrogens with one attached hydrogen (secondary N) is 1. The van der Waals surface area contributed by atoms with Crippen molar-refractivity contribution < 1.29 is 4.39 Å². The summed E-state index contributed by atoms with van der Waals surface area (Å²) < 4.78 is 16.2. The van der Waals surface area contributed by atoms with Crippen LogP contribution >= 0.6 is 12.2 Å². The van der Waals surface area contributed by atoms with Crippen molar-refractivity contribution in [1.82, 2.24) is 14.9 Å². The molecule has 7 heteroatoms. The van der Waals surface area contributed by atoms with E-state index in [4.69, 9.17) is 12.2 Å². The van der Waals surface area contributed by atoms with Gasteiger partial charge in [0.05, 0.1) is 17.8 Å². The van der Waals surface area contributed by atoms with Crippen LogP contribution in [0.25, 0.3) is 5.69 Å². The Hall–Kier alpha value is -3.71. The molecule has 5 rings (SSSR count). The van der Waals surface area contributed by atoms with Gasteiger partial charge in [0.15, 0.2) is 5.11 Å². The quantitative estimate of drug-likeness (QED) is 0.358. The fourth-order valence-electron chi connectivity index (χ4n) is 4.96. The van der Waals surface area contributed by atoms with Crippen LogP contribution < -0.4 is 15.1 Å². The predicted octanol–water partition coefficient (Wildman–Crippen LogP) is 5.87. The Balaban J connectivity index is 1.66. The fraction of sp³-hybridized carbons (Fsp3) is 0.214. The molecule has 4 aromatic rings. The van der Waals surface area contributed by atoms with Crippen molar-refractivity contribution >= 4 is 28.7 Å². The highest BCUT2D eigenvalue weighted by molar-refractivity contribution is 7.80. The highest BCUT2D eigenvalue weighted by Crippen LogP contribution is 2.44. The van der Waals surface area contributed by atoms with Gasteiger partial charge in [0, 0.05) is 48.7 Å². The minimum atomic E-state index is -0.255. The maximum absolute atomic E-state index is 14.1. The Morgan fingerprint density at radius 1 is 0.943 bits per heavy atom. The second kappa shape index (κ2) is 9.15. The van der Waals surface area contributed by atoms with Crippen LogP contribution in [0.3, 0.4) is 0 Å². The Morgan fingerprint density at radius 3 is 2.37 bits per heavy atom. The predicted molar refractivity (Wildman–Crippen MR) is 144 cm³/mol. The van der Waals surface area contributed by atoms with Gasteiger partial charge in [0.2, 0.25) is 0 Å². The number of halogens is 1. The third-order valence-corrected chi connectivity index (χ3v) is 6.91. The van der Waals surface area contributed by atoms with Crippen LogP contribution in [0.5, 0.6) is 0 Å². The summed E-state index contributed by atoms with van der Waals surface area (Å²) in [5.74, 6) is -0.255. The Morgan fingerprint density at radius 2 is 1.71 bits per heavy atom. The molecule has 0 amide bonds. The molecular weight excluding hydrogens is 457 g/mol. The first-order valence-electron chi connectivity index (χ1n) is 11.6. The first kappa shape index (κ1) is 23.1. The van der Waals surface area contributed by atoms with E-state index in [1.54, 1.807) is 12.1 Å². The molecule has 2 aromatic carbocycles. The highest BCUT2D eigenvalue weighted by atomic mass is 32.1. The molecule has 1 aliphatic heterocycles. The molecular formula is C28H28FN5S. The molecule has 0 saturated carbocycles. The molecule has 2 aromatic heterocycles. The SMILES string of the molecule is Cc1cc(C2C(c3ccccn3)NC(=S)N2c2ccc(N(C)C)cc2)c(C)n1-c1cccc(F)c1. The van der Waals surface area contributed by atoms with Gasteiger partial charge in [0.1, 0.15) is 5.82 Å². The number of benzene rings is 2. The van der Waals surface area contributed by atoms with Crippen molar-refractivity contribution in [3.05, 3.63) is 107 Å². The van der Waals surface area contributed by atoms with E-state index in [1.807, 2.05) is 51.5 Å². The second-order valence-corrected chi connectivity index (χ2v) is 9.44.